The van der Waals surface area contributed by atoms with Crippen LogP contribution >= 0.6 is 0 Å². The molecule has 4 aliphatic carbocycles. The van der Waals surface area contributed by atoms with Crippen LogP contribution in [-0.4, -0.2) is 9.13 Å². The first kappa shape index (κ1) is 44.7. The Morgan fingerprint density at radius 2 is 0.746 bits per heavy atom. The third-order valence-electron chi connectivity index (χ3n) is 12.4. The molecule has 7 heteroatoms. The summed E-state index contributed by atoms with van der Waals surface area (Å²) in [6.07, 6.45) is 23.3. The number of nitrogens with zero attached hydrogens (tertiary/aromatic N) is 2. The number of rotatable bonds is 8. The van der Waals surface area contributed by atoms with Gasteiger partial charge in [-0.05, 0) is 138 Å². The molecule has 0 spiro atoms. The topological polar surface area (TPSA) is 9.86 Å². The van der Waals surface area contributed by atoms with Crippen LogP contribution in [0.15, 0.2) is 84.9 Å². The van der Waals surface area contributed by atoms with Crippen molar-refractivity contribution in [2.45, 2.75) is 142 Å². The molecular formula is C52H58F4N2Ti. The van der Waals surface area contributed by atoms with Crippen molar-refractivity contribution in [2.75, 3.05) is 0 Å². The van der Waals surface area contributed by atoms with Crippen molar-refractivity contribution < 1.29 is 39.3 Å². The van der Waals surface area contributed by atoms with Gasteiger partial charge in [0.05, 0.1) is 0 Å². The second-order valence-corrected chi connectivity index (χ2v) is 16.3. The van der Waals surface area contributed by atoms with Crippen molar-refractivity contribution >= 4 is 0 Å². The number of benzene rings is 2. The number of aryl methyl sites for hydroxylation is 2. The van der Waals surface area contributed by atoms with Crippen molar-refractivity contribution in [1.29, 1.82) is 0 Å². The van der Waals surface area contributed by atoms with Crippen LogP contribution in [0.1, 0.15) is 120 Å². The summed E-state index contributed by atoms with van der Waals surface area (Å²) in [5.74, 6) is -2.31. The minimum Gasteiger partial charge on any atom is -0.348 e. The predicted molar refractivity (Wildman–Crippen MR) is 227 cm³/mol. The maximum absolute atomic E-state index is 13.8. The fourth-order valence-corrected chi connectivity index (χ4v) is 9.75. The standard InChI is InChI=1S/2C21H24F2N.2C5H5.Ti/c2*22-16-12-11-15(19(23)14-16)6-5-13-24-20-9-3-1-7-17(20)18-8-2-4-10-21(18)24;2*1-2-4-5-3-1;/h2*11-12H,1-10,13H2;2*1-5H;/q4*-1;+4. The van der Waals surface area contributed by atoms with Crippen LogP contribution in [0, 0.1) is 35.4 Å². The SMILES string of the molecule is Fc1[c-]c(F)c(CCCn2c3c(c4c2CCCC4)CCCC3)cc1.Fc1[c-]c(F)c(CCCn2c3c(c4c2CCCC4)CCCC3)cc1.[Ti+4].c1cc[cH-]c1.c1cc[cH-]c1. The van der Waals surface area contributed by atoms with Gasteiger partial charge >= 0.3 is 21.7 Å². The molecule has 4 aliphatic rings. The summed E-state index contributed by atoms with van der Waals surface area (Å²) in [4.78, 5) is 0. The molecule has 0 amide bonds. The average Bonchev–Trinajstić information content (AvgIpc) is 4.10. The molecule has 2 nitrogen and oxygen atoms in total. The maximum atomic E-state index is 13.8. The van der Waals surface area contributed by atoms with Crippen molar-refractivity contribution in [3.05, 3.63) is 176 Å². The zero-order valence-electron chi connectivity index (χ0n) is 34.5. The summed E-state index contributed by atoms with van der Waals surface area (Å²) in [7, 11) is 0. The smallest absolute Gasteiger partial charge is 0.348 e. The first-order valence-electron chi connectivity index (χ1n) is 22.0. The van der Waals surface area contributed by atoms with E-state index in [1.807, 2.05) is 60.7 Å². The second-order valence-electron chi connectivity index (χ2n) is 16.3. The average molecular weight is 835 g/mol. The number of hydrogen-bond donors (Lipinski definition) is 0. The molecule has 0 fully saturated rings. The molecule has 0 saturated heterocycles. The van der Waals surface area contributed by atoms with E-state index >= 15 is 0 Å². The van der Waals surface area contributed by atoms with Crippen LogP contribution in [0.5, 0.6) is 0 Å². The Morgan fingerprint density at radius 3 is 1.02 bits per heavy atom. The zero-order valence-corrected chi connectivity index (χ0v) is 36.1. The van der Waals surface area contributed by atoms with Crippen molar-refractivity contribution in [1.82, 2.24) is 9.13 Å². The molecule has 0 saturated carbocycles. The molecule has 2 heterocycles. The monoisotopic (exact) mass is 834 g/mol. The Hall–Kier alpha value is -3.87. The third kappa shape index (κ3) is 11.7. The van der Waals surface area contributed by atoms with Crippen molar-refractivity contribution in [2.24, 2.45) is 0 Å². The molecule has 0 radical (unpaired) electrons. The van der Waals surface area contributed by atoms with Gasteiger partial charge < -0.3 is 9.13 Å². The van der Waals surface area contributed by atoms with Gasteiger partial charge in [0, 0.05) is 59.1 Å². The normalized spacial score (nSPS) is 15.0. The summed E-state index contributed by atoms with van der Waals surface area (Å²) in [5, 5.41) is 0. The van der Waals surface area contributed by atoms with Crippen LogP contribution in [0.4, 0.5) is 17.6 Å². The van der Waals surface area contributed by atoms with Gasteiger partial charge in [0.2, 0.25) is 0 Å². The fraction of sp³-hybridized carbons (Fsp3) is 0.423. The number of aromatic nitrogens is 2. The largest absolute Gasteiger partial charge is 4.00 e. The predicted octanol–water partition coefficient (Wildman–Crippen LogP) is 12.7. The summed E-state index contributed by atoms with van der Waals surface area (Å²) >= 11 is 0. The molecule has 6 aromatic rings. The number of halogens is 4. The number of hydrogen-bond acceptors (Lipinski definition) is 0. The van der Waals surface area contributed by atoms with Crippen LogP contribution in [-0.2, 0) is 99.0 Å². The summed E-state index contributed by atoms with van der Waals surface area (Å²) in [5.41, 5.74) is 13.9. The summed E-state index contributed by atoms with van der Waals surface area (Å²) < 4.78 is 58.6. The van der Waals surface area contributed by atoms with Gasteiger partial charge in [0.15, 0.2) is 0 Å². The van der Waals surface area contributed by atoms with Crippen molar-refractivity contribution in [3.63, 3.8) is 0 Å². The minimum absolute atomic E-state index is 0. The van der Waals surface area contributed by atoms with Gasteiger partial charge in [-0.3, -0.25) is 0 Å². The molecule has 0 atom stereocenters. The van der Waals surface area contributed by atoms with E-state index in [2.05, 4.69) is 21.3 Å². The molecule has 0 N–H and O–H groups in total. The molecule has 0 bridgehead atoms. The Balaban J connectivity index is 0.000000158. The molecule has 59 heavy (non-hydrogen) atoms. The molecule has 4 aromatic carbocycles. The van der Waals surface area contributed by atoms with E-state index in [4.69, 9.17) is 0 Å². The van der Waals surface area contributed by atoms with Gasteiger partial charge in [-0.25, -0.2) is 41.8 Å². The Labute approximate surface area is 364 Å². The molecule has 308 valence electrons. The fourth-order valence-electron chi connectivity index (χ4n) is 9.75. The van der Waals surface area contributed by atoms with Gasteiger partial charge in [-0.15, -0.1) is 35.4 Å². The van der Waals surface area contributed by atoms with E-state index in [0.29, 0.717) is 24.0 Å². The quantitative estimate of drug-likeness (QED) is 0.0821. The molecular weight excluding hydrogens is 776 g/mol. The molecule has 2 aromatic heterocycles. The van der Waals surface area contributed by atoms with E-state index in [-0.39, 0.29) is 21.7 Å². The zero-order chi connectivity index (χ0) is 40.1. The number of fused-ring (bicyclic) bond motifs is 6. The van der Waals surface area contributed by atoms with Gasteiger partial charge in [-0.2, -0.15) is 48.5 Å². The first-order valence-corrected chi connectivity index (χ1v) is 22.0. The minimum atomic E-state index is -0.621. The van der Waals surface area contributed by atoms with E-state index in [1.165, 1.54) is 115 Å². The first-order chi connectivity index (χ1) is 28.5. The van der Waals surface area contributed by atoms with Crippen LogP contribution in [0.2, 0.25) is 0 Å². The van der Waals surface area contributed by atoms with Crippen LogP contribution < -0.4 is 0 Å². The van der Waals surface area contributed by atoms with E-state index < -0.39 is 23.3 Å². The second kappa shape index (κ2) is 22.7. The molecule has 10 rings (SSSR count). The molecule has 0 aliphatic heterocycles. The van der Waals surface area contributed by atoms with Crippen molar-refractivity contribution in [3.8, 4) is 0 Å². The Kier molecular flexibility index (Phi) is 17.2. The summed E-state index contributed by atoms with van der Waals surface area (Å²) in [6.45, 7) is 1.91. The maximum Gasteiger partial charge on any atom is 4.00 e. The Morgan fingerprint density at radius 1 is 0.441 bits per heavy atom. The van der Waals surface area contributed by atoms with E-state index in [1.54, 1.807) is 57.2 Å². The van der Waals surface area contributed by atoms with Crippen LogP contribution in [0.25, 0.3) is 0 Å². The van der Waals surface area contributed by atoms with Gasteiger partial charge in [0.25, 0.3) is 0 Å². The summed E-state index contributed by atoms with van der Waals surface area (Å²) in [6, 6.07) is 30.0. The van der Waals surface area contributed by atoms with Gasteiger partial charge in [0.1, 0.15) is 0 Å². The Bertz CT molecular complexity index is 1900. The van der Waals surface area contributed by atoms with E-state index in [0.717, 1.165) is 25.9 Å². The van der Waals surface area contributed by atoms with Gasteiger partial charge in [-0.1, -0.05) is 12.8 Å². The molecule has 0 unspecified atom stereocenters. The van der Waals surface area contributed by atoms with Crippen LogP contribution in [0.3, 0.4) is 0 Å². The van der Waals surface area contributed by atoms with E-state index in [9.17, 15) is 17.6 Å². The third-order valence-corrected chi connectivity index (χ3v) is 12.4.